The van der Waals surface area contributed by atoms with Crippen molar-refractivity contribution < 1.29 is 18.7 Å². The Hall–Kier alpha value is -0.930. The molecule has 4 heteroatoms. The lowest BCUT2D eigenvalue weighted by molar-refractivity contribution is -0.115. The maximum Gasteiger partial charge on any atom is 0.190 e. The van der Waals surface area contributed by atoms with Crippen molar-refractivity contribution in [3.8, 4) is 0 Å². The van der Waals surface area contributed by atoms with Gasteiger partial charge in [0.2, 0.25) is 0 Å². The minimum Gasteiger partial charge on any atom is -0.509 e. The molecule has 52 valence electrons. The second kappa shape index (κ2) is 4.00. The van der Waals surface area contributed by atoms with Crippen molar-refractivity contribution in [1.82, 2.24) is 0 Å². The van der Waals surface area contributed by atoms with E-state index in [9.17, 15) is 13.6 Å². The topological polar surface area (TPSA) is 37.3 Å². The fraction of sp³-hybridized carbons (Fsp3) is 0.400. The highest BCUT2D eigenvalue weighted by Gasteiger charge is 1.97. The molecule has 0 aliphatic carbocycles. The molecule has 0 aromatic rings. The number of halogens is 2. The molecule has 9 heavy (non-hydrogen) atoms. The van der Waals surface area contributed by atoms with E-state index < -0.39 is 24.9 Å². The van der Waals surface area contributed by atoms with Crippen LogP contribution in [0.3, 0.4) is 0 Å². The standard InChI is InChI=1S/C5H6F2O2/c6-2-4(8)1-5(9)3-7/h1,8H,2-3H2/b4-1-. The summed E-state index contributed by atoms with van der Waals surface area (Å²) in [5.41, 5.74) is 0. The quantitative estimate of drug-likeness (QED) is 0.463. The van der Waals surface area contributed by atoms with E-state index in [0.29, 0.717) is 6.08 Å². The third-order valence-electron chi connectivity index (χ3n) is 0.596. The van der Waals surface area contributed by atoms with Crippen LogP contribution in [0.25, 0.3) is 0 Å². The maximum absolute atomic E-state index is 11.3. The number of hydrogen-bond acceptors (Lipinski definition) is 2. The first kappa shape index (κ1) is 8.07. The second-order valence-corrected chi connectivity index (χ2v) is 1.37. The van der Waals surface area contributed by atoms with Gasteiger partial charge < -0.3 is 5.11 Å². The monoisotopic (exact) mass is 136 g/mol. The Morgan fingerprint density at radius 2 is 2.00 bits per heavy atom. The first-order valence-corrected chi connectivity index (χ1v) is 2.25. The Kier molecular flexibility index (Phi) is 3.59. The maximum atomic E-state index is 11.3. The molecule has 0 heterocycles. The summed E-state index contributed by atoms with van der Waals surface area (Å²) in [6, 6.07) is 0. The van der Waals surface area contributed by atoms with E-state index in [-0.39, 0.29) is 0 Å². The number of rotatable bonds is 3. The Balaban J connectivity index is 3.79. The molecule has 0 bridgehead atoms. The predicted octanol–water partition coefficient (Wildman–Crippen LogP) is 0.936. The number of carbonyl (C=O) groups is 1. The van der Waals surface area contributed by atoms with Crippen molar-refractivity contribution in [2.75, 3.05) is 13.3 Å². The number of aliphatic hydroxyl groups is 1. The summed E-state index contributed by atoms with van der Waals surface area (Å²) in [5, 5.41) is 8.26. The molecule has 0 atom stereocenters. The van der Waals surface area contributed by atoms with E-state index in [1.165, 1.54) is 0 Å². The van der Waals surface area contributed by atoms with Crippen molar-refractivity contribution in [3.05, 3.63) is 11.8 Å². The van der Waals surface area contributed by atoms with Gasteiger partial charge in [0.15, 0.2) is 12.5 Å². The zero-order valence-electron chi connectivity index (χ0n) is 4.60. The van der Waals surface area contributed by atoms with Gasteiger partial charge in [0.25, 0.3) is 0 Å². The minimum absolute atomic E-state index is 0.528. The third kappa shape index (κ3) is 3.64. The first-order valence-electron chi connectivity index (χ1n) is 2.25. The average Bonchev–Trinajstić information content (AvgIpc) is 1.87. The van der Waals surface area contributed by atoms with Gasteiger partial charge in [-0.1, -0.05) is 0 Å². The molecule has 1 N–H and O–H groups in total. The number of carbonyl (C=O) groups excluding carboxylic acids is 1. The van der Waals surface area contributed by atoms with Crippen LogP contribution in [0.2, 0.25) is 0 Å². The summed E-state index contributed by atoms with van der Waals surface area (Å²) in [7, 11) is 0. The molecule has 0 radical (unpaired) electrons. The summed E-state index contributed by atoms with van der Waals surface area (Å²) in [5.74, 6) is -1.66. The van der Waals surface area contributed by atoms with Crippen molar-refractivity contribution in [2.24, 2.45) is 0 Å². The zero-order valence-corrected chi connectivity index (χ0v) is 4.60. The van der Waals surface area contributed by atoms with Crippen molar-refractivity contribution in [3.63, 3.8) is 0 Å². The number of aliphatic hydroxyl groups excluding tert-OH is 1. The summed E-state index contributed by atoms with van der Waals surface area (Å²) in [4.78, 5) is 10.0. The Morgan fingerprint density at radius 1 is 1.44 bits per heavy atom. The van der Waals surface area contributed by atoms with Crippen LogP contribution in [0.4, 0.5) is 8.78 Å². The largest absolute Gasteiger partial charge is 0.509 e. The molecule has 0 aliphatic heterocycles. The predicted molar refractivity (Wildman–Crippen MR) is 27.7 cm³/mol. The molecule has 0 saturated heterocycles. The van der Waals surface area contributed by atoms with Gasteiger partial charge in [-0.15, -0.1) is 0 Å². The van der Waals surface area contributed by atoms with E-state index in [0.717, 1.165) is 0 Å². The van der Waals surface area contributed by atoms with Gasteiger partial charge in [0, 0.05) is 6.08 Å². The van der Waals surface area contributed by atoms with Crippen molar-refractivity contribution in [2.45, 2.75) is 0 Å². The molecule has 0 rings (SSSR count). The number of allylic oxidation sites excluding steroid dienone is 2. The summed E-state index contributed by atoms with van der Waals surface area (Å²) < 4.78 is 22.5. The minimum atomic E-state index is -1.20. The lowest BCUT2D eigenvalue weighted by atomic mass is 10.3. The van der Waals surface area contributed by atoms with Gasteiger partial charge in [-0.25, -0.2) is 8.78 Å². The van der Waals surface area contributed by atoms with Gasteiger partial charge >= 0.3 is 0 Å². The molecule has 0 aromatic carbocycles. The number of alkyl halides is 2. The summed E-state index contributed by atoms with van der Waals surface area (Å²) in [6.45, 7) is -2.34. The van der Waals surface area contributed by atoms with Crippen LogP contribution in [-0.2, 0) is 4.79 Å². The molecule has 0 saturated carbocycles. The lowest BCUT2D eigenvalue weighted by Gasteiger charge is -1.87. The van der Waals surface area contributed by atoms with Gasteiger partial charge in [0.05, 0.1) is 0 Å². The molecule has 0 aromatic heterocycles. The smallest absolute Gasteiger partial charge is 0.190 e. The molecule has 0 fully saturated rings. The Morgan fingerprint density at radius 3 is 2.33 bits per heavy atom. The van der Waals surface area contributed by atoms with Gasteiger partial charge in [0.1, 0.15) is 12.4 Å². The summed E-state index contributed by atoms with van der Waals surface area (Å²) >= 11 is 0. The van der Waals surface area contributed by atoms with Crippen LogP contribution in [-0.4, -0.2) is 24.2 Å². The fourth-order valence-electron chi connectivity index (χ4n) is 0.263. The second-order valence-electron chi connectivity index (χ2n) is 1.37. The van der Waals surface area contributed by atoms with E-state index in [4.69, 9.17) is 5.11 Å². The number of ketones is 1. The SMILES string of the molecule is O=C(/C=C(\O)CF)CF. The average molecular weight is 136 g/mol. The highest BCUT2D eigenvalue weighted by atomic mass is 19.1. The van der Waals surface area contributed by atoms with Crippen LogP contribution in [0.15, 0.2) is 11.8 Å². The third-order valence-corrected chi connectivity index (χ3v) is 0.596. The van der Waals surface area contributed by atoms with Gasteiger partial charge in [-0.05, 0) is 0 Å². The van der Waals surface area contributed by atoms with Gasteiger partial charge in [-0.2, -0.15) is 0 Å². The van der Waals surface area contributed by atoms with Gasteiger partial charge in [-0.3, -0.25) is 4.79 Å². The van der Waals surface area contributed by atoms with Crippen LogP contribution in [0.1, 0.15) is 0 Å². The van der Waals surface area contributed by atoms with E-state index in [2.05, 4.69) is 0 Å². The molecular weight excluding hydrogens is 130 g/mol. The molecule has 0 unspecified atom stereocenters. The van der Waals surface area contributed by atoms with Crippen LogP contribution in [0, 0.1) is 0 Å². The molecule has 0 amide bonds. The molecular formula is C5H6F2O2. The van der Waals surface area contributed by atoms with Crippen molar-refractivity contribution in [1.29, 1.82) is 0 Å². The van der Waals surface area contributed by atoms with Crippen LogP contribution in [0.5, 0.6) is 0 Å². The number of hydrogen-bond donors (Lipinski definition) is 1. The van der Waals surface area contributed by atoms with E-state index in [1.54, 1.807) is 0 Å². The van der Waals surface area contributed by atoms with Crippen molar-refractivity contribution >= 4 is 5.78 Å². The molecule has 0 aliphatic rings. The molecule has 0 spiro atoms. The Bertz CT molecular complexity index is 131. The first-order chi connectivity index (χ1) is 4.20. The normalized spacial score (nSPS) is 11.6. The highest BCUT2D eigenvalue weighted by Crippen LogP contribution is 1.89. The van der Waals surface area contributed by atoms with E-state index in [1.807, 2.05) is 0 Å². The van der Waals surface area contributed by atoms with Crippen LogP contribution < -0.4 is 0 Å². The highest BCUT2D eigenvalue weighted by molar-refractivity contribution is 5.90. The molecule has 2 nitrogen and oxygen atoms in total. The Labute approximate surface area is 50.8 Å². The lowest BCUT2D eigenvalue weighted by Crippen LogP contribution is -1.97. The van der Waals surface area contributed by atoms with E-state index >= 15 is 0 Å². The zero-order chi connectivity index (χ0) is 7.28. The van der Waals surface area contributed by atoms with Crippen LogP contribution >= 0.6 is 0 Å². The summed E-state index contributed by atoms with van der Waals surface area (Å²) in [6.07, 6.45) is 0.528. The fourth-order valence-corrected chi connectivity index (χ4v) is 0.263.